The van der Waals surface area contributed by atoms with E-state index in [2.05, 4.69) is 41.5 Å². The molecule has 57 heavy (non-hydrogen) atoms. The van der Waals surface area contributed by atoms with Crippen molar-refractivity contribution in [3.8, 4) is 0 Å². The van der Waals surface area contributed by atoms with Crippen molar-refractivity contribution in [3.05, 3.63) is 0 Å². The van der Waals surface area contributed by atoms with Gasteiger partial charge < -0.3 is 25.5 Å². The van der Waals surface area contributed by atoms with Gasteiger partial charge in [0.05, 0.1) is 19.3 Å². The molecule has 0 aromatic rings. The number of ether oxygens (including phenoxy) is 1. The molecule has 8 aliphatic rings. The average Bonchev–Trinajstić information content (AvgIpc) is 3.70. The maximum atomic E-state index is 11.6. The minimum atomic E-state index is -0.643. The Morgan fingerprint density at radius 2 is 0.965 bits per heavy atom. The largest absolute Gasteiger partial charge is 1.00 e. The smallest absolute Gasteiger partial charge is 0.870 e. The van der Waals surface area contributed by atoms with Crippen molar-refractivity contribution in [1.29, 1.82) is 0 Å². The van der Waals surface area contributed by atoms with Gasteiger partial charge in [-0.15, -0.1) is 0 Å². The maximum absolute atomic E-state index is 11.6. The van der Waals surface area contributed by atoms with Gasteiger partial charge in [0.1, 0.15) is 0 Å². The van der Waals surface area contributed by atoms with Crippen molar-refractivity contribution in [2.24, 2.45) is 92.7 Å². The molecule has 0 unspecified atom stereocenters. The zero-order valence-corrected chi connectivity index (χ0v) is 37.7. The quantitative estimate of drug-likeness (QED) is 0.168. The summed E-state index contributed by atoms with van der Waals surface area (Å²) < 4.78 is 4.88. The number of methoxy groups -OCH3 is 1. The van der Waals surface area contributed by atoms with E-state index in [0.717, 1.165) is 91.8 Å². The van der Waals surface area contributed by atoms with Crippen LogP contribution in [0.2, 0.25) is 0 Å². The van der Waals surface area contributed by atoms with Crippen LogP contribution in [-0.2, 0) is 14.3 Å². The minimum absolute atomic E-state index is 0. The monoisotopic (exact) mass is 791 g/mol. The van der Waals surface area contributed by atoms with Crippen molar-refractivity contribution in [2.75, 3.05) is 7.11 Å². The number of carbonyl (C=O) groups is 2. The van der Waals surface area contributed by atoms with E-state index in [9.17, 15) is 19.8 Å². The molecule has 8 aliphatic carbocycles. The first-order valence-electron chi connectivity index (χ1n) is 23.7. The first-order valence-corrected chi connectivity index (χ1v) is 23.7. The van der Waals surface area contributed by atoms with Gasteiger partial charge in [0.2, 0.25) is 0 Å². The zero-order chi connectivity index (χ0) is 39.5. The molecule has 8 heteroatoms. The van der Waals surface area contributed by atoms with Gasteiger partial charge >= 0.3 is 30.8 Å². The predicted octanol–water partition coefficient (Wildman–Crippen LogP) is 7.93. The first kappa shape index (κ1) is 47.5. The third-order valence-electron chi connectivity index (χ3n) is 20.6. The normalized spacial score (nSPS) is 47.9. The summed E-state index contributed by atoms with van der Waals surface area (Å²) >= 11 is 0. The number of hydrogen-bond acceptors (Lipinski definition) is 6. The Balaban J connectivity index is 0.000000210. The summed E-state index contributed by atoms with van der Waals surface area (Å²) in [6, 6.07) is 0. The maximum Gasteiger partial charge on any atom is 1.00 e. The number of esters is 1. The van der Waals surface area contributed by atoms with E-state index < -0.39 is 5.97 Å². The van der Waals surface area contributed by atoms with Crippen molar-refractivity contribution in [1.82, 2.24) is 0 Å². The Bertz CT molecular complexity index is 1370. The molecule has 0 heterocycles. The van der Waals surface area contributed by atoms with Crippen LogP contribution in [0.3, 0.4) is 0 Å². The number of aliphatic hydroxyl groups is 2. The van der Waals surface area contributed by atoms with Crippen LogP contribution in [-0.4, -0.2) is 52.1 Å². The number of hydrogen-bond donors (Lipinski definition) is 3. The van der Waals surface area contributed by atoms with E-state index >= 15 is 0 Å². The average molecular weight is 791 g/mol. The van der Waals surface area contributed by atoms with Gasteiger partial charge in [0.15, 0.2) is 0 Å². The van der Waals surface area contributed by atoms with Crippen LogP contribution in [0, 0.1) is 92.7 Å². The van der Waals surface area contributed by atoms with Gasteiger partial charge in [-0.25, -0.2) is 0 Å². The number of aliphatic carboxylic acids is 1. The summed E-state index contributed by atoms with van der Waals surface area (Å²) in [4.78, 5) is 22.7. The van der Waals surface area contributed by atoms with Crippen molar-refractivity contribution >= 4 is 11.9 Å². The van der Waals surface area contributed by atoms with Crippen LogP contribution in [0.15, 0.2) is 0 Å². The zero-order valence-electron chi connectivity index (χ0n) is 37.7. The Hall–Kier alpha value is -0.583. The Kier molecular flexibility index (Phi) is 15.3. The molecule has 0 radical (unpaired) electrons. The Morgan fingerprint density at radius 1 is 0.579 bits per heavy atom. The fourth-order valence-corrected chi connectivity index (χ4v) is 17.6. The van der Waals surface area contributed by atoms with Gasteiger partial charge in [-0.1, -0.05) is 41.5 Å². The van der Waals surface area contributed by atoms with Gasteiger partial charge in [0, 0.05) is 12.8 Å². The van der Waals surface area contributed by atoms with E-state index in [0.29, 0.717) is 52.3 Å². The van der Waals surface area contributed by atoms with Gasteiger partial charge in [0.25, 0.3) is 0 Å². The fourth-order valence-electron chi connectivity index (χ4n) is 17.6. The van der Waals surface area contributed by atoms with Crippen LogP contribution in [0.4, 0.5) is 0 Å². The third-order valence-corrected chi connectivity index (χ3v) is 20.6. The van der Waals surface area contributed by atoms with Crippen molar-refractivity contribution in [2.45, 2.75) is 195 Å². The first-order chi connectivity index (χ1) is 26.0. The molecule has 0 aliphatic heterocycles. The van der Waals surface area contributed by atoms with E-state index in [1.165, 1.54) is 97.0 Å². The van der Waals surface area contributed by atoms with Crippen molar-refractivity contribution < 1.29 is 54.0 Å². The molecule has 8 saturated carbocycles. The molecule has 0 bridgehead atoms. The van der Waals surface area contributed by atoms with E-state index in [4.69, 9.17) is 9.84 Å². The van der Waals surface area contributed by atoms with Gasteiger partial charge in [-0.05, 0) is 221 Å². The molecule has 0 amide bonds. The van der Waals surface area contributed by atoms with Crippen LogP contribution in [0.5, 0.6) is 0 Å². The van der Waals surface area contributed by atoms with Crippen LogP contribution in [0.25, 0.3) is 0 Å². The van der Waals surface area contributed by atoms with Gasteiger partial charge in [-0.3, -0.25) is 9.59 Å². The predicted molar refractivity (Wildman–Crippen MR) is 221 cm³/mol. The standard InChI is InChI=1S/C25H42O3.C24H40O3.Li.H2O/c1-16(5-10-23(27)28-4)20-8-9-21-19-7-6-17-15-18(26)11-13-24(17,2)22(19)12-14-25(20,21)3;1-15(4-9-22(26)27)19-7-8-20-18-6-5-16-14-17(25)10-12-23(16,2)21(18)11-13-24(19,20)3;;/h16-22,26H,5-15H2,1-4H3;15-21,25H,4-14H2,1-3H3,(H,26,27);;1H2/q;;+1;/p-1/t16-,17+,18+,19+,20-,21+,22+,24+,25-;15-,16+,17+,18+,19-,20+,21+,23+,24-;;/m11../s1. The summed E-state index contributed by atoms with van der Waals surface area (Å²) in [6.07, 6.45) is 25.5. The summed E-state index contributed by atoms with van der Waals surface area (Å²) in [7, 11) is 1.50. The number of rotatable bonds is 8. The molecular formula is C49H83LiO7. The van der Waals surface area contributed by atoms with Crippen LogP contribution < -0.4 is 18.9 Å². The number of carboxylic acids is 1. The molecule has 322 valence electrons. The number of carboxylic acid groups (broad SMARTS) is 1. The Morgan fingerprint density at radius 3 is 1.37 bits per heavy atom. The molecule has 7 nitrogen and oxygen atoms in total. The second-order valence-electron chi connectivity index (χ2n) is 22.6. The molecule has 0 spiro atoms. The molecule has 4 N–H and O–H groups in total. The molecule has 8 fully saturated rings. The Labute approximate surface area is 359 Å². The molecule has 8 rings (SSSR count). The number of aliphatic hydroxyl groups excluding tert-OH is 2. The van der Waals surface area contributed by atoms with Crippen LogP contribution in [0.1, 0.15) is 183 Å². The summed E-state index contributed by atoms with van der Waals surface area (Å²) in [5.74, 6) is 8.63. The second-order valence-corrected chi connectivity index (χ2v) is 22.6. The van der Waals surface area contributed by atoms with Crippen molar-refractivity contribution in [3.63, 3.8) is 0 Å². The SMILES string of the molecule is COC(=O)CC[C@@H](C)[C@H]1CC[C@H]2[C@@H]3CC[C@H]4C[C@@H](O)CC[C@]4(C)[C@H]3CC[C@]12C.C[C@H](CCC(=O)O)[C@H]1CC[C@H]2[C@@H]3CC[C@H]4C[C@@H](O)CC[C@]4(C)[C@H]3CC[C@]12C.[Li+].[OH-]. The summed E-state index contributed by atoms with van der Waals surface area (Å²) in [5.41, 5.74) is 1.82. The summed E-state index contributed by atoms with van der Waals surface area (Å²) in [6.45, 7) is 15.0. The van der Waals surface area contributed by atoms with Crippen LogP contribution >= 0.6 is 0 Å². The minimum Gasteiger partial charge on any atom is -0.870 e. The molecule has 18 atom stereocenters. The number of carbonyl (C=O) groups excluding carboxylic acids is 1. The second kappa shape index (κ2) is 18.4. The topological polar surface area (TPSA) is 134 Å². The molecular weight excluding hydrogens is 707 g/mol. The van der Waals surface area contributed by atoms with E-state index in [1.807, 2.05) is 0 Å². The van der Waals surface area contributed by atoms with Gasteiger partial charge in [-0.2, -0.15) is 0 Å². The summed E-state index contributed by atoms with van der Waals surface area (Å²) in [5, 5.41) is 29.5. The van der Waals surface area contributed by atoms with E-state index in [1.54, 1.807) is 0 Å². The third kappa shape index (κ3) is 8.62. The number of fused-ring (bicyclic) bond motifs is 10. The molecule has 0 aromatic carbocycles. The molecule has 0 saturated heterocycles. The fraction of sp³-hybridized carbons (Fsp3) is 0.959. The van der Waals surface area contributed by atoms with E-state index in [-0.39, 0.29) is 42.5 Å². The molecule has 0 aromatic heterocycles.